The Kier molecular flexibility index (Phi) is 8.36. The molecule has 2 aromatic carbocycles. The molecule has 0 saturated heterocycles. The maximum atomic E-state index is 12.5. The Labute approximate surface area is 188 Å². The van der Waals surface area contributed by atoms with Gasteiger partial charge in [0.05, 0.1) is 33.5 Å². The zero-order chi connectivity index (χ0) is 23.8. The highest BCUT2D eigenvalue weighted by atomic mass is 35.5. The van der Waals surface area contributed by atoms with E-state index in [9.17, 15) is 14.4 Å². The molecular formula is C20H22ClN3O8. The highest BCUT2D eigenvalue weighted by Crippen LogP contribution is 2.38. The van der Waals surface area contributed by atoms with Crippen molar-refractivity contribution in [1.82, 2.24) is 10.9 Å². The van der Waals surface area contributed by atoms with Crippen molar-refractivity contribution >= 4 is 29.3 Å². The summed E-state index contributed by atoms with van der Waals surface area (Å²) >= 11 is 6.13. The Bertz CT molecular complexity index is 1000. The normalized spacial score (nSPS) is 10.0. The number of rotatable bonds is 9. The summed E-state index contributed by atoms with van der Waals surface area (Å²) in [6.07, 6.45) is 0. The first-order valence-electron chi connectivity index (χ1n) is 8.95. The third kappa shape index (κ3) is 5.64. The number of primary amides is 1. The average Bonchev–Trinajstić information content (AvgIpc) is 2.79. The smallest absolute Gasteiger partial charge is 0.269 e. The molecule has 0 atom stereocenters. The summed E-state index contributed by atoms with van der Waals surface area (Å²) < 4.78 is 26.0. The third-order valence-corrected chi connectivity index (χ3v) is 4.35. The number of halogens is 1. The van der Waals surface area contributed by atoms with Crippen LogP contribution >= 0.6 is 11.6 Å². The monoisotopic (exact) mass is 467 g/mol. The van der Waals surface area contributed by atoms with Crippen LogP contribution in [0.2, 0.25) is 5.02 Å². The second-order valence-electron chi connectivity index (χ2n) is 6.07. The largest absolute Gasteiger partial charge is 0.493 e. The van der Waals surface area contributed by atoms with Crippen molar-refractivity contribution in [3.63, 3.8) is 0 Å². The number of nitrogens with one attached hydrogen (secondary N) is 2. The van der Waals surface area contributed by atoms with Gasteiger partial charge in [0, 0.05) is 11.1 Å². The first-order chi connectivity index (χ1) is 15.2. The van der Waals surface area contributed by atoms with Gasteiger partial charge in [-0.3, -0.25) is 25.2 Å². The number of hydrazine groups is 1. The first-order valence-corrected chi connectivity index (χ1v) is 9.32. The van der Waals surface area contributed by atoms with Gasteiger partial charge in [0.1, 0.15) is 0 Å². The summed E-state index contributed by atoms with van der Waals surface area (Å²) in [5.74, 6) is -1.04. The third-order valence-electron chi connectivity index (χ3n) is 4.07. The first kappa shape index (κ1) is 24.4. The van der Waals surface area contributed by atoms with Crippen molar-refractivity contribution in [2.24, 2.45) is 5.73 Å². The van der Waals surface area contributed by atoms with E-state index in [1.807, 2.05) is 0 Å². The number of hydrogen-bond donors (Lipinski definition) is 3. The second kappa shape index (κ2) is 11.0. The van der Waals surface area contributed by atoms with E-state index in [1.54, 1.807) is 0 Å². The topological polar surface area (TPSA) is 147 Å². The number of nitrogens with two attached hydrogens (primary N) is 1. The number of hydrogen-bond acceptors (Lipinski definition) is 8. The maximum absolute atomic E-state index is 12.5. The molecule has 0 spiro atoms. The molecule has 0 aromatic heterocycles. The van der Waals surface area contributed by atoms with Crippen LogP contribution in [0.4, 0.5) is 0 Å². The molecule has 0 heterocycles. The molecule has 0 fully saturated rings. The van der Waals surface area contributed by atoms with Crippen molar-refractivity contribution in [3.05, 3.63) is 40.4 Å². The quantitative estimate of drug-likeness (QED) is 0.467. The molecule has 2 rings (SSSR count). The number of ether oxygens (including phenoxy) is 5. The van der Waals surface area contributed by atoms with Crippen LogP contribution < -0.4 is 40.3 Å². The van der Waals surface area contributed by atoms with Gasteiger partial charge in [-0.25, -0.2) is 0 Å². The Morgan fingerprint density at radius 1 is 0.781 bits per heavy atom. The summed E-state index contributed by atoms with van der Waals surface area (Å²) in [6.45, 7) is -0.424. The van der Waals surface area contributed by atoms with Crippen LogP contribution in [0.3, 0.4) is 0 Å². The van der Waals surface area contributed by atoms with Gasteiger partial charge in [-0.1, -0.05) is 11.6 Å². The standard InChI is InChI=1S/C20H22ClN3O8/c1-28-13-6-10(5-12(21)17(13)32-9-16(22)25)19(26)23-24-20(27)11-7-14(29-2)18(31-4)15(8-11)30-3/h5-8H,9H2,1-4H3,(H2,22,25)(H,23,26)(H,24,27). The minimum absolute atomic E-state index is 0.00621. The predicted octanol–water partition coefficient (Wildman–Crippen LogP) is 1.31. The van der Waals surface area contributed by atoms with Crippen molar-refractivity contribution in [2.45, 2.75) is 0 Å². The minimum atomic E-state index is -0.709. The second-order valence-corrected chi connectivity index (χ2v) is 6.47. The molecule has 172 valence electrons. The Hall–Kier alpha value is -3.86. The molecule has 4 N–H and O–H groups in total. The van der Waals surface area contributed by atoms with E-state index in [4.69, 9.17) is 41.0 Å². The van der Waals surface area contributed by atoms with Crippen LogP contribution in [0.5, 0.6) is 28.7 Å². The minimum Gasteiger partial charge on any atom is -0.493 e. The number of benzene rings is 2. The summed E-state index contributed by atoms with van der Waals surface area (Å²) in [6, 6.07) is 5.45. The van der Waals surface area contributed by atoms with E-state index < -0.39 is 24.3 Å². The lowest BCUT2D eigenvalue weighted by Crippen LogP contribution is -2.41. The molecule has 0 unspecified atom stereocenters. The molecule has 2 aromatic rings. The van der Waals surface area contributed by atoms with Crippen LogP contribution in [0.1, 0.15) is 20.7 Å². The molecule has 0 bridgehead atoms. The van der Waals surface area contributed by atoms with Crippen molar-refractivity contribution in [1.29, 1.82) is 0 Å². The molecule has 3 amide bonds. The van der Waals surface area contributed by atoms with Crippen molar-refractivity contribution in [3.8, 4) is 28.7 Å². The fraction of sp³-hybridized carbons (Fsp3) is 0.250. The Morgan fingerprint density at radius 3 is 1.62 bits per heavy atom. The summed E-state index contributed by atoms with van der Waals surface area (Å²) in [4.78, 5) is 35.9. The molecule has 0 aliphatic carbocycles. The highest BCUT2D eigenvalue weighted by Gasteiger charge is 2.19. The maximum Gasteiger partial charge on any atom is 0.269 e. The van der Waals surface area contributed by atoms with Gasteiger partial charge in [-0.2, -0.15) is 0 Å². The number of carbonyl (C=O) groups is 3. The number of methoxy groups -OCH3 is 4. The molecule has 0 aliphatic heterocycles. The van der Waals surface area contributed by atoms with Crippen molar-refractivity contribution in [2.75, 3.05) is 35.0 Å². The van der Waals surface area contributed by atoms with Gasteiger partial charge in [-0.15, -0.1) is 0 Å². The van der Waals surface area contributed by atoms with Gasteiger partial charge in [-0.05, 0) is 24.3 Å². The fourth-order valence-corrected chi connectivity index (χ4v) is 2.87. The molecule has 0 saturated carbocycles. The van der Waals surface area contributed by atoms with Crippen LogP contribution in [-0.4, -0.2) is 52.8 Å². The van der Waals surface area contributed by atoms with E-state index in [-0.39, 0.29) is 39.1 Å². The molecule has 0 aliphatic rings. The molecule has 0 radical (unpaired) electrons. The fourth-order valence-electron chi connectivity index (χ4n) is 2.60. The summed E-state index contributed by atoms with van der Waals surface area (Å²) in [5.41, 5.74) is 9.81. The lowest BCUT2D eigenvalue weighted by atomic mass is 10.1. The lowest BCUT2D eigenvalue weighted by molar-refractivity contribution is -0.119. The zero-order valence-electron chi connectivity index (χ0n) is 17.7. The van der Waals surface area contributed by atoms with E-state index in [0.717, 1.165) is 0 Å². The van der Waals surface area contributed by atoms with Gasteiger partial charge >= 0.3 is 0 Å². The average molecular weight is 468 g/mol. The zero-order valence-corrected chi connectivity index (χ0v) is 18.5. The number of carbonyl (C=O) groups excluding carboxylic acids is 3. The SMILES string of the molecule is COc1cc(C(=O)NNC(=O)c2cc(OC)c(OC)c(OC)c2)cc(Cl)c1OCC(N)=O. The summed E-state index contributed by atoms with van der Waals surface area (Å²) in [7, 11) is 5.59. The molecular weight excluding hydrogens is 446 g/mol. The van der Waals surface area contributed by atoms with Crippen LogP contribution in [0.25, 0.3) is 0 Å². The van der Waals surface area contributed by atoms with Gasteiger partial charge in [0.25, 0.3) is 17.7 Å². The van der Waals surface area contributed by atoms with Crippen LogP contribution in [-0.2, 0) is 4.79 Å². The van der Waals surface area contributed by atoms with E-state index in [0.29, 0.717) is 5.75 Å². The Morgan fingerprint density at radius 2 is 1.22 bits per heavy atom. The predicted molar refractivity (Wildman–Crippen MR) is 114 cm³/mol. The lowest BCUT2D eigenvalue weighted by Gasteiger charge is -2.15. The van der Waals surface area contributed by atoms with Gasteiger partial charge in [0.2, 0.25) is 5.75 Å². The van der Waals surface area contributed by atoms with E-state index in [2.05, 4.69) is 10.9 Å². The Balaban J connectivity index is 2.18. The molecule has 11 nitrogen and oxygen atoms in total. The molecule has 12 heteroatoms. The van der Waals surface area contributed by atoms with Crippen molar-refractivity contribution < 1.29 is 38.1 Å². The van der Waals surface area contributed by atoms with Crippen LogP contribution in [0, 0.1) is 0 Å². The van der Waals surface area contributed by atoms with E-state index >= 15 is 0 Å². The van der Waals surface area contributed by atoms with Gasteiger partial charge in [0.15, 0.2) is 29.6 Å². The van der Waals surface area contributed by atoms with E-state index in [1.165, 1.54) is 52.7 Å². The van der Waals surface area contributed by atoms with Crippen LogP contribution in [0.15, 0.2) is 24.3 Å². The van der Waals surface area contributed by atoms with Gasteiger partial charge < -0.3 is 29.4 Å². The number of amides is 3. The summed E-state index contributed by atoms with van der Waals surface area (Å²) in [5, 5.41) is 0.00621. The highest BCUT2D eigenvalue weighted by molar-refractivity contribution is 6.32. The molecule has 32 heavy (non-hydrogen) atoms.